The molecule has 0 unspecified atom stereocenters. The van der Waals surface area contributed by atoms with Gasteiger partial charge in [0, 0.05) is 11.8 Å². The third-order valence-electron chi connectivity index (χ3n) is 4.16. The van der Waals surface area contributed by atoms with Gasteiger partial charge in [0.15, 0.2) is 0 Å². The largest absolute Gasteiger partial charge is 0.508 e. The lowest BCUT2D eigenvalue weighted by molar-refractivity contribution is -0.124. The minimum Gasteiger partial charge on any atom is -0.508 e. The third-order valence-corrected chi connectivity index (χ3v) is 4.16. The number of carbonyl (C=O) groups is 2. The zero-order valence-corrected chi connectivity index (χ0v) is 15.5. The SMILES string of the molecule is C[C@@H](CC/C=C/C(=O)NO)[C@H](OC(=O)Nc1ccccc1)c1ccc(O)cc1. The average molecular weight is 384 g/mol. The molecule has 0 saturated carbocycles. The fourth-order valence-electron chi connectivity index (χ4n) is 2.70. The van der Waals surface area contributed by atoms with E-state index in [0.29, 0.717) is 18.5 Å². The number of ether oxygens (including phenoxy) is 1. The van der Waals surface area contributed by atoms with Gasteiger partial charge in [0.1, 0.15) is 11.9 Å². The number of aromatic hydroxyl groups is 1. The highest BCUT2D eigenvalue weighted by atomic mass is 16.6. The van der Waals surface area contributed by atoms with Gasteiger partial charge in [-0.2, -0.15) is 0 Å². The summed E-state index contributed by atoms with van der Waals surface area (Å²) in [5.41, 5.74) is 2.91. The smallest absolute Gasteiger partial charge is 0.412 e. The molecule has 2 amide bonds. The molecule has 2 aromatic rings. The van der Waals surface area contributed by atoms with Crippen molar-refractivity contribution in [3.63, 3.8) is 0 Å². The summed E-state index contributed by atoms with van der Waals surface area (Å²) in [6, 6.07) is 15.5. The van der Waals surface area contributed by atoms with E-state index in [-0.39, 0.29) is 11.7 Å². The van der Waals surface area contributed by atoms with Crippen LogP contribution in [0.25, 0.3) is 0 Å². The number of para-hydroxylation sites is 1. The van der Waals surface area contributed by atoms with Crippen molar-refractivity contribution in [2.24, 2.45) is 5.92 Å². The molecule has 0 saturated heterocycles. The van der Waals surface area contributed by atoms with Gasteiger partial charge < -0.3 is 9.84 Å². The topological polar surface area (TPSA) is 108 Å². The Labute approximate surface area is 163 Å². The molecular formula is C21H24N2O5. The number of nitrogens with one attached hydrogen (secondary N) is 2. The predicted octanol–water partition coefficient (Wildman–Crippen LogP) is 4.16. The van der Waals surface area contributed by atoms with Gasteiger partial charge in [-0.05, 0) is 48.6 Å². The maximum atomic E-state index is 12.3. The Morgan fingerprint density at radius 1 is 1.11 bits per heavy atom. The number of amides is 2. The number of hydrogen-bond acceptors (Lipinski definition) is 5. The highest BCUT2D eigenvalue weighted by molar-refractivity contribution is 5.86. The molecule has 2 atom stereocenters. The molecular weight excluding hydrogens is 360 g/mol. The van der Waals surface area contributed by atoms with Crippen LogP contribution < -0.4 is 10.8 Å². The molecule has 148 valence electrons. The zero-order chi connectivity index (χ0) is 20.4. The summed E-state index contributed by atoms with van der Waals surface area (Å²) in [4.78, 5) is 23.4. The van der Waals surface area contributed by atoms with Gasteiger partial charge in [-0.1, -0.05) is 43.3 Å². The van der Waals surface area contributed by atoms with Crippen LogP contribution in [0, 0.1) is 5.92 Å². The van der Waals surface area contributed by atoms with E-state index >= 15 is 0 Å². The summed E-state index contributed by atoms with van der Waals surface area (Å²) >= 11 is 0. The molecule has 0 aliphatic heterocycles. The van der Waals surface area contributed by atoms with E-state index in [0.717, 1.165) is 5.56 Å². The number of hydroxylamine groups is 1. The summed E-state index contributed by atoms with van der Waals surface area (Å²) < 4.78 is 5.67. The lowest BCUT2D eigenvalue weighted by atomic mass is 9.93. The van der Waals surface area contributed by atoms with Crippen LogP contribution in [-0.4, -0.2) is 22.3 Å². The molecule has 0 bridgehead atoms. The van der Waals surface area contributed by atoms with Crippen LogP contribution >= 0.6 is 0 Å². The molecule has 0 aliphatic rings. The molecule has 0 radical (unpaired) electrons. The van der Waals surface area contributed by atoms with Gasteiger partial charge in [-0.25, -0.2) is 10.3 Å². The first-order valence-corrected chi connectivity index (χ1v) is 8.92. The van der Waals surface area contributed by atoms with Crippen LogP contribution in [0.4, 0.5) is 10.5 Å². The molecule has 0 fully saturated rings. The number of anilines is 1. The molecule has 2 aromatic carbocycles. The molecule has 2 rings (SSSR count). The number of rotatable bonds is 8. The van der Waals surface area contributed by atoms with Crippen LogP contribution in [-0.2, 0) is 9.53 Å². The normalized spacial score (nSPS) is 12.9. The van der Waals surface area contributed by atoms with Gasteiger partial charge in [-0.15, -0.1) is 0 Å². The van der Waals surface area contributed by atoms with E-state index in [4.69, 9.17) is 9.94 Å². The highest BCUT2D eigenvalue weighted by Gasteiger charge is 2.23. The molecule has 28 heavy (non-hydrogen) atoms. The van der Waals surface area contributed by atoms with Crippen molar-refractivity contribution in [2.75, 3.05) is 5.32 Å². The molecule has 0 aliphatic carbocycles. The van der Waals surface area contributed by atoms with Crippen molar-refractivity contribution < 1.29 is 24.6 Å². The van der Waals surface area contributed by atoms with Crippen LogP contribution in [0.15, 0.2) is 66.7 Å². The predicted molar refractivity (Wildman–Crippen MR) is 105 cm³/mol. The highest BCUT2D eigenvalue weighted by Crippen LogP contribution is 2.31. The summed E-state index contributed by atoms with van der Waals surface area (Å²) in [5.74, 6) is -0.532. The molecule has 7 nitrogen and oxygen atoms in total. The standard InChI is InChI=1S/C21H24N2O5/c1-15(7-5-6-10-19(25)23-27)20(16-11-13-18(24)14-12-16)28-21(26)22-17-8-3-2-4-9-17/h2-4,6,8-15,20,24,27H,5,7H2,1H3,(H,22,26)(H,23,25)/b10-6+/t15-,20-/m0/s1. The quantitative estimate of drug-likeness (QED) is 0.310. The average Bonchev–Trinajstić information content (AvgIpc) is 2.70. The Kier molecular flexibility index (Phi) is 8.05. The first kappa shape index (κ1) is 21.0. The van der Waals surface area contributed by atoms with E-state index in [1.54, 1.807) is 42.5 Å². The van der Waals surface area contributed by atoms with E-state index in [9.17, 15) is 14.7 Å². The minimum atomic E-state index is -0.596. The van der Waals surface area contributed by atoms with Crippen LogP contribution in [0.3, 0.4) is 0 Å². The Hall–Kier alpha value is -3.32. The second kappa shape index (κ2) is 10.7. The monoisotopic (exact) mass is 384 g/mol. The lowest BCUT2D eigenvalue weighted by Gasteiger charge is -2.24. The number of phenols is 1. The van der Waals surface area contributed by atoms with Crippen molar-refractivity contribution in [1.82, 2.24) is 5.48 Å². The fraction of sp³-hybridized carbons (Fsp3) is 0.238. The van der Waals surface area contributed by atoms with Crippen molar-refractivity contribution in [2.45, 2.75) is 25.9 Å². The maximum absolute atomic E-state index is 12.3. The van der Waals surface area contributed by atoms with E-state index < -0.39 is 18.1 Å². The number of hydrogen-bond donors (Lipinski definition) is 4. The Balaban J connectivity index is 2.05. The molecule has 7 heteroatoms. The van der Waals surface area contributed by atoms with Crippen molar-refractivity contribution in [3.05, 3.63) is 72.3 Å². The first-order valence-electron chi connectivity index (χ1n) is 8.92. The minimum absolute atomic E-state index is 0.0621. The zero-order valence-electron chi connectivity index (χ0n) is 15.5. The third kappa shape index (κ3) is 6.77. The first-order chi connectivity index (χ1) is 13.5. The molecule has 0 aromatic heterocycles. The van der Waals surface area contributed by atoms with E-state index in [2.05, 4.69) is 5.32 Å². The second-order valence-electron chi connectivity index (χ2n) is 6.34. The van der Waals surface area contributed by atoms with Gasteiger partial charge >= 0.3 is 6.09 Å². The lowest BCUT2D eigenvalue weighted by Crippen LogP contribution is -2.22. The van der Waals surface area contributed by atoms with Crippen molar-refractivity contribution >= 4 is 17.7 Å². The number of phenolic OH excluding ortho intramolecular Hbond substituents is 1. The van der Waals surface area contributed by atoms with Gasteiger partial charge in [0.2, 0.25) is 0 Å². The number of carbonyl (C=O) groups excluding carboxylic acids is 2. The van der Waals surface area contributed by atoms with Gasteiger partial charge in [0.05, 0.1) is 0 Å². The Morgan fingerprint density at radius 3 is 2.43 bits per heavy atom. The molecule has 4 N–H and O–H groups in total. The number of benzene rings is 2. The summed E-state index contributed by atoms with van der Waals surface area (Å²) in [5, 5.41) is 20.7. The maximum Gasteiger partial charge on any atom is 0.412 e. The van der Waals surface area contributed by atoms with Crippen LogP contribution in [0.1, 0.15) is 31.4 Å². The van der Waals surface area contributed by atoms with Gasteiger partial charge in [0.25, 0.3) is 5.91 Å². The number of allylic oxidation sites excluding steroid dienone is 1. The summed E-state index contributed by atoms with van der Waals surface area (Å²) in [6.07, 6.45) is 2.97. The Bertz CT molecular complexity index is 790. The second-order valence-corrected chi connectivity index (χ2v) is 6.34. The van der Waals surface area contributed by atoms with Crippen LogP contribution in [0.5, 0.6) is 5.75 Å². The summed E-state index contributed by atoms with van der Waals surface area (Å²) in [7, 11) is 0. The van der Waals surface area contributed by atoms with Gasteiger partial charge in [-0.3, -0.25) is 15.3 Å². The summed E-state index contributed by atoms with van der Waals surface area (Å²) in [6.45, 7) is 1.94. The van der Waals surface area contributed by atoms with Crippen LogP contribution in [0.2, 0.25) is 0 Å². The fourth-order valence-corrected chi connectivity index (χ4v) is 2.70. The Morgan fingerprint density at radius 2 is 1.79 bits per heavy atom. The molecule has 0 spiro atoms. The van der Waals surface area contributed by atoms with Crippen molar-refractivity contribution in [3.8, 4) is 5.75 Å². The van der Waals surface area contributed by atoms with Crippen molar-refractivity contribution in [1.29, 1.82) is 0 Å². The van der Waals surface area contributed by atoms with E-state index in [1.165, 1.54) is 11.6 Å². The van der Waals surface area contributed by atoms with E-state index in [1.807, 2.05) is 25.1 Å². The molecule has 0 heterocycles.